The van der Waals surface area contributed by atoms with Crippen LogP contribution in [0.5, 0.6) is 0 Å². The molecule has 98 valence electrons. The average Bonchev–Trinajstić information content (AvgIpc) is 2.39. The van der Waals surface area contributed by atoms with Gasteiger partial charge in [0, 0.05) is 6.04 Å². The van der Waals surface area contributed by atoms with Crippen molar-refractivity contribution in [3.05, 3.63) is 47.4 Å². The van der Waals surface area contributed by atoms with Crippen LogP contribution in [0.1, 0.15) is 32.4 Å². The van der Waals surface area contributed by atoms with Gasteiger partial charge in [0.25, 0.3) is 0 Å². The number of hydrogen-bond donors (Lipinski definition) is 1. The van der Waals surface area contributed by atoms with Crippen LogP contribution in [-0.2, 0) is 9.53 Å². The van der Waals surface area contributed by atoms with Gasteiger partial charge in [-0.15, -0.1) is 0 Å². The highest BCUT2D eigenvalue weighted by molar-refractivity contribution is 5.86. The van der Waals surface area contributed by atoms with E-state index in [9.17, 15) is 9.18 Å². The molecule has 0 radical (unpaired) electrons. The van der Waals surface area contributed by atoms with E-state index >= 15 is 0 Å². The Morgan fingerprint density at radius 3 is 2.56 bits per heavy atom. The molecule has 0 aliphatic heterocycles. The van der Waals surface area contributed by atoms with Crippen LogP contribution in [-0.4, -0.2) is 12.6 Å². The van der Waals surface area contributed by atoms with Crippen LogP contribution in [0.25, 0.3) is 0 Å². The Labute approximate surface area is 107 Å². The van der Waals surface area contributed by atoms with E-state index in [2.05, 4.69) is 10.1 Å². The van der Waals surface area contributed by atoms with Crippen LogP contribution < -0.4 is 5.32 Å². The van der Waals surface area contributed by atoms with E-state index in [0.29, 0.717) is 0 Å². The molecule has 1 rings (SSSR count). The van der Waals surface area contributed by atoms with Crippen molar-refractivity contribution >= 4 is 5.97 Å². The third kappa shape index (κ3) is 3.87. The number of rotatable bonds is 5. The molecule has 1 unspecified atom stereocenters. The number of allylic oxidation sites excluding steroid dienone is 1. The second-order valence-electron chi connectivity index (χ2n) is 3.94. The number of carbonyl (C=O) groups excluding carboxylic acids is 1. The van der Waals surface area contributed by atoms with Gasteiger partial charge in [-0.2, -0.15) is 4.39 Å². The highest BCUT2D eigenvalue weighted by Crippen LogP contribution is 2.15. The highest BCUT2D eigenvalue weighted by Gasteiger charge is 2.15. The maximum absolute atomic E-state index is 13.6. The van der Waals surface area contributed by atoms with Gasteiger partial charge in [-0.1, -0.05) is 30.3 Å². The smallest absolute Gasteiger partial charge is 0.368 e. The molecule has 0 fully saturated rings. The summed E-state index contributed by atoms with van der Waals surface area (Å²) in [7, 11) is 0. The Morgan fingerprint density at radius 2 is 2.00 bits per heavy atom. The lowest BCUT2D eigenvalue weighted by atomic mass is 10.1. The SMILES string of the molecule is CCOC(=O)/C(F)=C(/C)NC(C)c1ccccc1. The molecular formula is C14H18FNO2. The Balaban J connectivity index is 2.72. The van der Waals surface area contributed by atoms with Gasteiger partial charge in [0.1, 0.15) is 0 Å². The minimum Gasteiger partial charge on any atom is -0.461 e. The molecule has 0 heterocycles. The molecule has 0 aliphatic rings. The minimum atomic E-state index is -0.928. The number of ether oxygens (including phenoxy) is 1. The molecule has 18 heavy (non-hydrogen) atoms. The monoisotopic (exact) mass is 251 g/mol. The number of halogens is 1. The van der Waals surface area contributed by atoms with Gasteiger partial charge < -0.3 is 10.1 Å². The van der Waals surface area contributed by atoms with Crippen molar-refractivity contribution in [1.29, 1.82) is 0 Å². The van der Waals surface area contributed by atoms with E-state index in [1.165, 1.54) is 6.92 Å². The number of esters is 1. The van der Waals surface area contributed by atoms with Crippen molar-refractivity contribution in [2.24, 2.45) is 0 Å². The zero-order valence-electron chi connectivity index (χ0n) is 10.9. The molecule has 0 amide bonds. The Hall–Kier alpha value is -1.84. The third-order valence-electron chi connectivity index (χ3n) is 2.52. The largest absolute Gasteiger partial charge is 0.461 e. The third-order valence-corrected chi connectivity index (χ3v) is 2.52. The van der Waals surface area contributed by atoms with Gasteiger partial charge in [0.05, 0.1) is 12.3 Å². The molecule has 0 bridgehead atoms. The van der Waals surface area contributed by atoms with Gasteiger partial charge in [-0.05, 0) is 26.3 Å². The Kier molecular flexibility index (Phi) is 5.36. The molecule has 0 saturated carbocycles. The summed E-state index contributed by atoms with van der Waals surface area (Å²) < 4.78 is 18.2. The zero-order chi connectivity index (χ0) is 13.5. The lowest BCUT2D eigenvalue weighted by molar-refractivity contribution is -0.140. The number of benzene rings is 1. The molecule has 1 aromatic rings. The van der Waals surface area contributed by atoms with Crippen LogP contribution in [0, 0.1) is 0 Å². The summed E-state index contributed by atoms with van der Waals surface area (Å²) in [5.74, 6) is -1.80. The summed E-state index contributed by atoms with van der Waals surface area (Å²) in [6.07, 6.45) is 0. The quantitative estimate of drug-likeness (QED) is 0.645. The van der Waals surface area contributed by atoms with Crippen molar-refractivity contribution in [1.82, 2.24) is 5.32 Å². The van der Waals surface area contributed by atoms with Crippen molar-refractivity contribution in [3.63, 3.8) is 0 Å². The highest BCUT2D eigenvalue weighted by atomic mass is 19.1. The van der Waals surface area contributed by atoms with Crippen LogP contribution in [0.3, 0.4) is 0 Å². The van der Waals surface area contributed by atoms with Gasteiger partial charge in [-0.25, -0.2) is 4.79 Å². The normalized spacial score (nSPS) is 13.6. The molecule has 1 atom stereocenters. The Morgan fingerprint density at radius 1 is 1.39 bits per heavy atom. The van der Waals surface area contributed by atoms with Crippen molar-refractivity contribution in [2.75, 3.05) is 6.61 Å². The van der Waals surface area contributed by atoms with Crippen molar-refractivity contribution in [2.45, 2.75) is 26.8 Å². The fourth-order valence-corrected chi connectivity index (χ4v) is 1.56. The first-order valence-electron chi connectivity index (χ1n) is 5.91. The summed E-state index contributed by atoms with van der Waals surface area (Å²) in [6.45, 7) is 5.22. The fourth-order valence-electron chi connectivity index (χ4n) is 1.56. The van der Waals surface area contributed by atoms with E-state index in [4.69, 9.17) is 0 Å². The predicted octanol–water partition coefficient (Wildman–Crippen LogP) is 3.10. The van der Waals surface area contributed by atoms with Gasteiger partial charge in [-0.3, -0.25) is 0 Å². The maximum Gasteiger partial charge on any atom is 0.368 e. The molecule has 0 saturated heterocycles. The van der Waals surface area contributed by atoms with Crippen LogP contribution in [0.2, 0.25) is 0 Å². The molecule has 0 spiro atoms. The van der Waals surface area contributed by atoms with Crippen molar-refractivity contribution in [3.8, 4) is 0 Å². The molecular weight excluding hydrogens is 233 g/mol. The molecule has 1 aromatic carbocycles. The molecule has 3 nitrogen and oxygen atoms in total. The van der Waals surface area contributed by atoms with Gasteiger partial charge >= 0.3 is 5.97 Å². The summed E-state index contributed by atoms with van der Waals surface area (Å²) in [5, 5.41) is 2.94. The van der Waals surface area contributed by atoms with Crippen LogP contribution in [0.15, 0.2) is 41.9 Å². The minimum absolute atomic E-state index is 0.0774. The summed E-state index contributed by atoms with van der Waals surface area (Å²) in [6, 6.07) is 9.53. The number of carbonyl (C=O) groups is 1. The first kappa shape index (κ1) is 14.2. The van der Waals surface area contributed by atoms with E-state index < -0.39 is 11.8 Å². The number of nitrogens with one attached hydrogen (secondary N) is 1. The molecule has 0 aromatic heterocycles. The van der Waals surface area contributed by atoms with E-state index in [-0.39, 0.29) is 18.3 Å². The summed E-state index contributed by atoms with van der Waals surface area (Å²) >= 11 is 0. The summed E-state index contributed by atoms with van der Waals surface area (Å²) in [5.41, 5.74) is 1.21. The standard InChI is InChI=1S/C14H18FNO2/c1-4-18-14(17)13(15)11(3)16-10(2)12-8-6-5-7-9-12/h5-10,16H,4H2,1-3H3/b13-11+. The molecule has 1 N–H and O–H groups in total. The molecule has 4 heteroatoms. The van der Waals surface area contributed by atoms with Crippen LogP contribution >= 0.6 is 0 Å². The van der Waals surface area contributed by atoms with Crippen molar-refractivity contribution < 1.29 is 13.9 Å². The topological polar surface area (TPSA) is 38.3 Å². The maximum atomic E-state index is 13.6. The average molecular weight is 251 g/mol. The lowest BCUT2D eigenvalue weighted by Gasteiger charge is -2.16. The van der Waals surface area contributed by atoms with Crippen LogP contribution in [0.4, 0.5) is 4.39 Å². The van der Waals surface area contributed by atoms with E-state index in [1.54, 1.807) is 6.92 Å². The predicted molar refractivity (Wildman–Crippen MR) is 68.4 cm³/mol. The lowest BCUT2D eigenvalue weighted by Crippen LogP contribution is -2.20. The number of hydrogen-bond acceptors (Lipinski definition) is 3. The first-order valence-corrected chi connectivity index (χ1v) is 5.91. The zero-order valence-corrected chi connectivity index (χ0v) is 10.9. The Bertz CT molecular complexity index is 429. The molecule has 0 aliphatic carbocycles. The first-order chi connectivity index (χ1) is 8.56. The van der Waals surface area contributed by atoms with E-state index in [0.717, 1.165) is 5.56 Å². The van der Waals surface area contributed by atoms with Gasteiger partial charge in [0.2, 0.25) is 5.83 Å². The summed E-state index contributed by atoms with van der Waals surface area (Å²) in [4.78, 5) is 11.2. The second kappa shape index (κ2) is 6.79. The fraction of sp³-hybridized carbons (Fsp3) is 0.357. The second-order valence-corrected chi connectivity index (χ2v) is 3.94. The van der Waals surface area contributed by atoms with E-state index in [1.807, 2.05) is 37.3 Å². The van der Waals surface area contributed by atoms with Gasteiger partial charge in [0.15, 0.2) is 0 Å².